The number of rotatable bonds is 2. The molecule has 0 aliphatic heterocycles. The third-order valence-electron chi connectivity index (χ3n) is 1.66. The Morgan fingerprint density at radius 2 is 2.08 bits per heavy atom. The molecule has 0 aliphatic rings. The number of benzene rings is 1. The first-order valence-corrected chi connectivity index (χ1v) is 4.86. The average Bonchev–Trinajstić information content (AvgIpc) is 1.96. The van der Waals surface area contributed by atoms with Gasteiger partial charge in [-0.25, -0.2) is 0 Å². The largest absolute Gasteiger partial charge is 0.507 e. The molecule has 0 heterocycles. The van der Waals surface area contributed by atoms with E-state index in [0.29, 0.717) is 11.7 Å². The lowest BCUT2D eigenvalue weighted by Gasteiger charge is -2.05. The molecule has 1 N–H and O–H groups in total. The zero-order valence-corrected chi connectivity index (χ0v) is 8.93. The molecule has 1 rings (SSSR count). The molecular formula is C10H13BrO. The molecule has 0 aromatic heterocycles. The third-order valence-corrected chi connectivity index (χ3v) is 2.29. The van der Waals surface area contributed by atoms with E-state index in [1.807, 2.05) is 12.1 Å². The predicted molar refractivity (Wildman–Crippen MR) is 54.3 cm³/mol. The lowest BCUT2D eigenvalue weighted by Crippen LogP contribution is -1.93. The monoisotopic (exact) mass is 228 g/mol. The van der Waals surface area contributed by atoms with E-state index in [4.69, 9.17) is 0 Å². The Morgan fingerprint density at radius 1 is 1.42 bits per heavy atom. The highest BCUT2D eigenvalue weighted by molar-refractivity contribution is 9.10. The Morgan fingerprint density at radius 3 is 2.58 bits per heavy atom. The predicted octanol–water partition coefficient (Wildman–Crippen LogP) is 3.35. The first kappa shape index (κ1) is 9.59. The van der Waals surface area contributed by atoms with Crippen LogP contribution in [0.25, 0.3) is 0 Å². The van der Waals surface area contributed by atoms with Crippen molar-refractivity contribution in [2.45, 2.75) is 20.3 Å². The summed E-state index contributed by atoms with van der Waals surface area (Å²) in [4.78, 5) is 0. The van der Waals surface area contributed by atoms with Gasteiger partial charge in [0.05, 0.1) is 4.47 Å². The maximum Gasteiger partial charge on any atom is 0.129 e. The van der Waals surface area contributed by atoms with Gasteiger partial charge in [-0.2, -0.15) is 0 Å². The van der Waals surface area contributed by atoms with Crippen LogP contribution in [-0.2, 0) is 6.42 Å². The molecule has 1 nitrogen and oxygen atoms in total. The fourth-order valence-corrected chi connectivity index (χ4v) is 1.57. The summed E-state index contributed by atoms with van der Waals surface area (Å²) in [6.45, 7) is 4.36. The van der Waals surface area contributed by atoms with Crippen LogP contribution in [0.5, 0.6) is 5.75 Å². The second kappa shape index (κ2) is 3.94. The summed E-state index contributed by atoms with van der Waals surface area (Å²) < 4.78 is 0.778. The maximum atomic E-state index is 9.23. The normalized spacial score (nSPS) is 10.7. The lowest BCUT2D eigenvalue weighted by atomic mass is 10.0. The van der Waals surface area contributed by atoms with Crippen LogP contribution >= 0.6 is 15.9 Å². The molecule has 12 heavy (non-hydrogen) atoms. The van der Waals surface area contributed by atoms with Crippen molar-refractivity contribution in [2.75, 3.05) is 0 Å². The van der Waals surface area contributed by atoms with Gasteiger partial charge in [0.25, 0.3) is 0 Å². The molecule has 0 saturated carbocycles. The van der Waals surface area contributed by atoms with Gasteiger partial charge in [-0.3, -0.25) is 0 Å². The molecule has 0 saturated heterocycles. The molecule has 0 bridgehead atoms. The molecule has 0 spiro atoms. The van der Waals surface area contributed by atoms with E-state index >= 15 is 0 Å². The van der Waals surface area contributed by atoms with E-state index in [1.54, 1.807) is 6.07 Å². The van der Waals surface area contributed by atoms with Crippen LogP contribution in [0.2, 0.25) is 0 Å². The molecule has 66 valence electrons. The Hall–Kier alpha value is -0.500. The van der Waals surface area contributed by atoms with Crippen molar-refractivity contribution < 1.29 is 5.11 Å². The number of hydrogen-bond donors (Lipinski definition) is 1. The van der Waals surface area contributed by atoms with Crippen molar-refractivity contribution in [1.82, 2.24) is 0 Å². The first-order valence-electron chi connectivity index (χ1n) is 4.07. The van der Waals surface area contributed by atoms with E-state index in [9.17, 15) is 5.11 Å². The van der Waals surface area contributed by atoms with Crippen LogP contribution in [-0.4, -0.2) is 5.11 Å². The second-order valence-electron chi connectivity index (χ2n) is 3.38. The Labute approximate surface area is 81.6 Å². The molecule has 1 aromatic rings. The maximum absolute atomic E-state index is 9.23. The molecule has 0 radical (unpaired) electrons. The zero-order valence-electron chi connectivity index (χ0n) is 7.34. The van der Waals surface area contributed by atoms with E-state index < -0.39 is 0 Å². The highest BCUT2D eigenvalue weighted by Gasteiger charge is 2.01. The lowest BCUT2D eigenvalue weighted by molar-refractivity contribution is 0.471. The molecule has 0 amide bonds. The minimum absolute atomic E-state index is 0.308. The SMILES string of the molecule is CC(C)Cc1ccc(O)c(Br)c1. The Bertz CT molecular complexity index is 269. The second-order valence-corrected chi connectivity index (χ2v) is 4.24. The molecule has 0 unspecified atom stereocenters. The molecule has 0 atom stereocenters. The number of aromatic hydroxyl groups is 1. The van der Waals surface area contributed by atoms with Gasteiger partial charge in [0.15, 0.2) is 0 Å². The van der Waals surface area contributed by atoms with E-state index in [-0.39, 0.29) is 0 Å². The summed E-state index contributed by atoms with van der Waals surface area (Å²) in [5, 5.41) is 9.23. The Balaban J connectivity index is 2.82. The summed E-state index contributed by atoms with van der Waals surface area (Å²) >= 11 is 3.29. The smallest absolute Gasteiger partial charge is 0.129 e. The zero-order chi connectivity index (χ0) is 9.14. The van der Waals surface area contributed by atoms with E-state index in [2.05, 4.69) is 29.8 Å². The highest BCUT2D eigenvalue weighted by Crippen LogP contribution is 2.25. The number of phenolic OH excluding ortho intramolecular Hbond substituents is 1. The standard InChI is InChI=1S/C10H13BrO/c1-7(2)5-8-3-4-10(12)9(11)6-8/h3-4,6-7,12H,5H2,1-2H3. The van der Waals surface area contributed by atoms with Crippen LogP contribution in [0.4, 0.5) is 0 Å². The van der Waals surface area contributed by atoms with Gasteiger partial charge in [-0.05, 0) is 46.0 Å². The molecular weight excluding hydrogens is 216 g/mol. The van der Waals surface area contributed by atoms with Crippen LogP contribution in [0, 0.1) is 5.92 Å². The minimum Gasteiger partial charge on any atom is -0.507 e. The van der Waals surface area contributed by atoms with Crippen LogP contribution in [0.1, 0.15) is 19.4 Å². The Kier molecular flexibility index (Phi) is 3.15. The molecule has 1 aromatic carbocycles. The van der Waals surface area contributed by atoms with Crippen molar-refractivity contribution in [2.24, 2.45) is 5.92 Å². The van der Waals surface area contributed by atoms with Gasteiger partial charge in [-0.1, -0.05) is 19.9 Å². The summed E-state index contributed by atoms with van der Waals surface area (Å²) in [5.74, 6) is 0.962. The summed E-state index contributed by atoms with van der Waals surface area (Å²) in [7, 11) is 0. The fraction of sp³-hybridized carbons (Fsp3) is 0.400. The van der Waals surface area contributed by atoms with Crippen molar-refractivity contribution in [3.8, 4) is 5.75 Å². The number of halogens is 1. The van der Waals surface area contributed by atoms with Gasteiger partial charge < -0.3 is 5.11 Å². The molecule has 0 aliphatic carbocycles. The summed E-state index contributed by atoms with van der Waals surface area (Å²) in [6.07, 6.45) is 1.05. The van der Waals surface area contributed by atoms with Gasteiger partial charge in [0.2, 0.25) is 0 Å². The average molecular weight is 229 g/mol. The molecule has 2 heteroatoms. The van der Waals surface area contributed by atoms with Crippen molar-refractivity contribution in [3.63, 3.8) is 0 Å². The van der Waals surface area contributed by atoms with Gasteiger partial charge in [-0.15, -0.1) is 0 Å². The van der Waals surface area contributed by atoms with E-state index in [0.717, 1.165) is 10.9 Å². The van der Waals surface area contributed by atoms with Crippen molar-refractivity contribution >= 4 is 15.9 Å². The minimum atomic E-state index is 0.308. The van der Waals surface area contributed by atoms with Gasteiger partial charge in [0, 0.05) is 0 Å². The summed E-state index contributed by atoms with van der Waals surface area (Å²) in [5.41, 5.74) is 1.26. The van der Waals surface area contributed by atoms with Gasteiger partial charge >= 0.3 is 0 Å². The fourth-order valence-electron chi connectivity index (χ4n) is 1.15. The number of hydrogen-bond acceptors (Lipinski definition) is 1. The first-order chi connectivity index (χ1) is 5.59. The van der Waals surface area contributed by atoms with Crippen molar-refractivity contribution in [3.05, 3.63) is 28.2 Å². The van der Waals surface area contributed by atoms with Crippen molar-refractivity contribution in [1.29, 1.82) is 0 Å². The van der Waals surface area contributed by atoms with E-state index in [1.165, 1.54) is 5.56 Å². The van der Waals surface area contributed by atoms with Gasteiger partial charge in [0.1, 0.15) is 5.75 Å². The quantitative estimate of drug-likeness (QED) is 0.824. The summed E-state index contributed by atoms with van der Waals surface area (Å²) in [6, 6.07) is 5.65. The highest BCUT2D eigenvalue weighted by atomic mass is 79.9. The van der Waals surface area contributed by atoms with Crippen LogP contribution in [0.3, 0.4) is 0 Å². The third kappa shape index (κ3) is 2.52. The number of phenols is 1. The van der Waals surface area contributed by atoms with Crippen LogP contribution in [0.15, 0.2) is 22.7 Å². The molecule has 0 fully saturated rings. The topological polar surface area (TPSA) is 20.2 Å². The van der Waals surface area contributed by atoms with Crippen LogP contribution < -0.4 is 0 Å².